The van der Waals surface area contributed by atoms with Gasteiger partial charge in [-0.3, -0.25) is 9.13 Å². The number of aliphatic hydroxyl groups is 1. The van der Waals surface area contributed by atoms with Gasteiger partial charge in [0.05, 0.1) is 6.33 Å². The third-order valence-electron chi connectivity index (χ3n) is 3.84. The van der Waals surface area contributed by atoms with Gasteiger partial charge in [0.15, 0.2) is 31.1 Å². The molecule has 0 aliphatic carbocycles. The molecular weight excluding hydrogens is 373 g/mol. The number of ether oxygens (including phenoxy) is 1. The van der Waals surface area contributed by atoms with Gasteiger partial charge < -0.3 is 25.4 Å². The van der Waals surface area contributed by atoms with E-state index < -0.39 is 32.4 Å². The summed E-state index contributed by atoms with van der Waals surface area (Å²) >= 11 is 0. The molecular formula is C13H21F2N6O4P. The summed E-state index contributed by atoms with van der Waals surface area (Å²) in [6.45, 7) is 1.21. The summed E-state index contributed by atoms with van der Waals surface area (Å²) in [6.07, 6.45) is -1.34. The van der Waals surface area contributed by atoms with Crippen LogP contribution in [0.25, 0.3) is 11.2 Å². The normalized spacial score (nSPS) is 18.9. The number of aromatic nitrogens is 4. The number of fused-ring (bicyclic) bond motifs is 1. The maximum absolute atomic E-state index is 15.5. The lowest BCUT2D eigenvalue weighted by Crippen LogP contribution is -2.54. The lowest BCUT2D eigenvalue weighted by molar-refractivity contribution is -0.252. The number of rotatable bonds is 8. The van der Waals surface area contributed by atoms with Crippen molar-refractivity contribution in [2.45, 2.75) is 24.7 Å². The van der Waals surface area contributed by atoms with Crippen LogP contribution in [0.1, 0.15) is 6.92 Å². The van der Waals surface area contributed by atoms with Gasteiger partial charge in [0, 0.05) is 20.8 Å². The van der Waals surface area contributed by atoms with Gasteiger partial charge in [-0.05, 0) is 6.92 Å². The number of aliphatic hydroxyl groups excluding tert-OH is 1. The molecule has 26 heavy (non-hydrogen) atoms. The van der Waals surface area contributed by atoms with Crippen LogP contribution in [0.15, 0.2) is 6.33 Å². The second-order valence-electron chi connectivity index (χ2n) is 5.66. The number of halogens is 2. The number of alkyl halides is 2. The molecule has 4 atom stereocenters. The molecule has 10 nitrogen and oxygen atoms in total. The fourth-order valence-corrected chi connectivity index (χ4v) is 2.79. The second-order valence-corrected chi connectivity index (χ2v) is 6.94. The van der Waals surface area contributed by atoms with Crippen molar-refractivity contribution in [1.29, 1.82) is 0 Å². The minimum absolute atomic E-state index is 0.0608. The second kappa shape index (κ2) is 7.39. The first-order valence-electron chi connectivity index (χ1n) is 7.50. The summed E-state index contributed by atoms with van der Waals surface area (Å²) in [5.41, 5.74) is 5.72. The monoisotopic (exact) mass is 394 g/mol. The number of nitrogens with one attached hydrogen (secondary N) is 1. The molecule has 2 rings (SSSR count). The Bertz CT molecular complexity index is 819. The van der Waals surface area contributed by atoms with Crippen molar-refractivity contribution in [2.75, 3.05) is 38.5 Å². The number of nitrogens with zero attached hydrogens (tertiary/aromatic N) is 4. The van der Waals surface area contributed by atoms with Crippen LogP contribution in [0.2, 0.25) is 0 Å². The standard InChI is InChI=1S/C13H21F2N6O4P/c1-12(14,10(22)13(15,24-3)5-25-26(4)23)21-6-18-7-8(17-2)19-11(16)20-9(7)21/h6,10,22,26H,5H2,1-4H3,(H3,16,17,19,20)/t10?,12-,13+/m0/s1. The summed E-state index contributed by atoms with van der Waals surface area (Å²) < 4.78 is 51.6. The van der Waals surface area contributed by atoms with Crippen LogP contribution in [0.3, 0.4) is 0 Å². The maximum Gasteiger partial charge on any atom is 0.264 e. The van der Waals surface area contributed by atoms with E-state index in [1.807, 2.05) is 0 Å². The number of anilines is 2. The molecule has 2 aromatic heterocycles. The predicted molar refractivity (Wildman–Crippen MR) is 91.8 cm³/mol. The molecule has 0 amide bonds. The molecule has 0 radical (unpaired) electrons. The first kappa shape index (κ1) is 20.4. The summed E-state index contributed by atoms with van der Waals surface area (Å²) in [6, 6.07) is 0. The minimum Gasteiger partial charge on any atom is -0.382 e. The predicted octanol–water partition coefficient (Wildman–Crippen LogP) is 0.887. The van der Waals surface area contributed by atoms with E-state index >= 15 is 4.39 Å². The highest BCUT2D eigenvalue weighted by Gasteiger charge is 2.52. The molecule has 13 heteroatoms. The summed E-state index contributed by atoms with van der Waals surface area (Å²) in [5.74, 6) is -5.67. The molecule has 2 heterocycles. The van der Waals surface area contributed by atoms with Crippen LogP contribution >= 0.6 is 8.03 Å². The highest BCUT2D eigenvalue weighted by atomic mass is 31.1. The van der Waals surface area contributed by atoms with Crippen molar-refractivity contribution in [3.8, 4) is 0 Å². The highest BCUT2D eigenvalue weighted by molar-refractivity contribution is 7.38. The zero-order chi connectivity index (χ0) is 19.7. The number of imidazole rings is 1. The third-order valence-corrected chi connectivity index (χ3v) is 4.39. The number of hydrogen-bond acceptors (Lipinski definition) is 9. The van der Waals surface area contributed by atoms with Crippen molar-refractivity contribution in [3.05, 3.63) is 6.33 Å². The van der Waals surface area contributed by atoms with E-state index in [-0.39, 0.29) is 22.9 Å². The Hall–Kier alpha value is -1.88. The van der Waals surface area contributed by atoms with Crippen molar-refractivity contribution < 1.29 is 27.7 Å². The van der Waals surface area contributed by atoms with E-state index in [1.54, 1.807) is 7.05 Å². The molecule has 0 saturated heterocycles. The zero-order valence-electron chi connectivity index (χ0n) is 14.7. The van der Waals surface area contributed by atoms with Crippen molar-refractivity contribution in [1.82, 2.24) is 19.5 Å². The quantitative estimate of drug-likeness (QED) is 0.557. The number of hydrogen-bond donors (Lipinski definition) is 3. The fourth-order valence-electron chi connectivity index (χ4n) is 2.39. The minimum atomic E-state index is -2.97. The summed E-state index contributed by atoms with van der Waals surface area (Å²) in [7, 11) is -0.0330. The Morgan fingerprint density at radius 3 is 2.69 bits per heavy atom. The molecule has 0 aliphatic rings. The lowest BCUT2D eigenvalue weighted by Gasteiger charge is -2.36. The lowest BCUT2D eigenvalue weighted by atomic mass is 10.0. The van der Waals surface area contributed by atoms with Crippen LogP contribution in [0.4, 0.5) is 20.5 Å². The van der Waals surface area contributed by atoms with Gasteiger partial charge in [-0.25, -0.2) is 13.8 Å². The third kappa shape index (κ3) is 3.63. The van der Waals surface area contributed by atoms with E-state index in [0.29, 0.717) is 0 Å². The van der Waals surface area contributed by atoms with Crippen molar-refractivity contribution >= 4 is 31.0 Å². The first-order valence-corrected chi connectivity index (χ1v) is 9.31. The largest absolute Gasteiger partial charge is 0.382 e. The van der Waals surface area contributed by atoms with Gasteiger partial charge >= 0.3 is 0 Å². The molecule has 2 unspecified atom stereocenters. The summed E-state index contributed by atoms with van der Waals surface area (Å²) in [5, 5.41) is 13.1. The zero-order valence-corrected chi connectivity index (χ0v) is 15.7. The average Bonchev–Trinajstić information content (AvgIpc) is 3.02. The Morgan fingerprint density at radius 2 is 2.15 bits per heavy atom. The average molecular weight is 394 g/mol. The van der Waals surface area contributed by atoms with E-state index in [9.17, 15) is 14.1 Å². The maximum atomic E-state index is 15.5. The number of methoxy groups -OCH3 is 1. The van der Waals surface area contributed by atoms with E-state index in [0.717, 1.165) is 24.9 Å². The molecule has 0 aliphatic heterocycles. The highest BCUT2D eigenvalue weighted by Crippen LogP contribution is 2.37. The molecule has 146 valence electrons. The van der Waals surface area contributed by atoms with E-state index in [4.69, 9.17) is 10.3 Å². The number of nitrogen functional groups attached to an aromatic ring is 1. The van der Waals surface area contributed by atoms with Crippen LogP contribution in [-0.4, -0.2) is 64.0 Å². The van der Waals surface area contributed by atoms with E-state index in [2.05, 4.69) is 25.0 Å². The molecule has 4 N–H and O–H groups in total. The van der Waals surface area contributed by atoms with Crippen LogP contribution in [0.5, 0.6) is 0 Å². The van der Waals surface area contributed by atoms with Gasteiger partial charge in [-0.15, -0.1) is 0 Å². The smallest absolute Gasteiger partial charge is 0.264 e. The molecule has 2 aromatic rings. The Kier molecular flexibility index (Phi) is 5.81. The Morgan fingerprint density at radius 1 is 1.50 bits per heavy atom. The van der Waals surface area contributed by atoms with Gasteiger partial charge in [0.2, 0.25) is 11.7 Å². The van der Waals surface area contributed by atoms with E-state index in [1.165, 1.54) is 6.66 Å². The molecule has 0 aromatic carbocycles. The molecule has 0 bridgehead atoms. The topological polar surface area (TPSA) is 137 Å². The van der Waals surface area contributed by atoms with Gasteiger partial charge in [-0.1, -0.05) is 0 Å². The SMILES string of the molecule is CNc1nc(N)nc2c1ncn2[C@](C)(F)C(O)[C@@](F)(CO[PH](C)=O)OC. The fraction of sp³-hybridized carbons (Fsp3) is 0.615. The van der Waals surface area contributed by atoms with Crippen LogP contribution in [-0.2, 0) is 19.6 Å². The molecule has 0 saturated carbocycles. The van der Waals surface area contributed by atoms with Gasteiger partial charge in [0.25, 0.3) is 5.85 Å². The van der Waals surface area contributed by atoms with Gasteiger partial charge in [-0.2, -0.15) is 9.97 Å². The van der Waals surface area contributed by atoms with Crippen molar-refractivity contribution in [2.24, 2.45) is 0 Å². The molecule has 0 spiro atoms. The van der Waals surface area contributed by atoms with Crippen molar-refractivity contribution in [3.63, 3.8) is 0 Å². The Balaban J connectivity index is 2.50. The van der Waals surface area contributed by atoms with Gasteiger partial charge in [0.1, 0.15) is 6.61 Å². The first-order chi connectivity index (χ1) is 12.1. The summed E-state index contributed by atoms with van der Waals surface area (Å²) in [4.78, 5) is 11.8. The number of nitrogens with two attached hydrogens (primary N) is 1. The Labute approximate surface area is 148 Å². The van der Waals surface area contributed by atoms with Crippen LogP contribution in [0, 0.1) is 0 Å². The molecule has 0 fully saturated rings. The van der Waals surface area contributed by atoms with Crippen LogP contribution < -0.4 is 11.1 Å².